The monoisotopic (exact) mass is 644 g/mol. The second kappa shape index (κ2) is 13.9. The third-order valence-corrected chi connectivity index (χ3v) is 9.05. The van der Waals surface area contributed by atoms with Gasteiger partial charge in [-0.05, 0) is 42.7 Å². The molecule has 1 aliphatic carbocycles. The van der Waals surface area contributed by atoms with Gasteiger partial charge in [0, 0.05) is 12.0 Å². The van der Waals surface area contributed by atoms with Gasteiger partial charge < -0.3 is 9.47 Å². The lowest BCUT2D eigenvalue weighted by Crippen LogP contribution is -2.48. The van der Waals surface area contributed by atoms with E-state index in [1.807, 2.05) is 51.1 Å². The average molecular weight is 645 g/mol. The first-order chi connectivity index (χ1) is 20.5. The molecule has 1 unspecified atom stereocenters. The first-order valence-corrected chi connectivity index (χ1v) is 15.3. The molecule has 4 atom stereocenters. The smallest absolute Gasteiger partial charge is 0.435 e. The first-order valence-electron chi connectivity index (χ1n) is 13.9. The SMILES string of the molecule is CCOC(=O)N(CC(C(=O)O[C@@H]1C[C@H](C)CC[C@H]1C(C)(C)c1ccccc1)C(F)(F)F)OS(=O)(=O)c1ccccc1[N+](=O)[O-]. The number of hydroxylamine groups is 2. The van der Waals surface area contributed by atoms with Crippen molar-refractivity contribution in [2.75, 3.05) is 13.2 Å². The highest BCUT2D eigenvalue weighted by atomic mass is 32.2. The van der Waals surface area contributed by atoms with Gasteiger partial charge in [-0.15, -0.1) is 4.28 Å². The Balaban J connectivity index is 1.93. The number of amides is 1. The number of carbonyl (C=O) groups is 2. The molecule has 2 aromatic carbocycles. The van der Waals surface area contributed by atoms with Gasteiger partial charge in [0.25, 0.3) is 5.69 Å². The Kier molecular flexibility index (Phi) is 11.0. The number of nitrogens with zero attached hydrogens (tertiary/aromatic N) is 2. The fourth-order valence-corrected chi connectivity index (χ4v) is 6.47. The molecule has 0 saturated heterocycles. The lowest BCUT2D eigenvalue weighted by molar-refractivity contribution is -0.388. The van der Waals surface area contributed by atoms with Crippen molar-refractivity contribution in [3.8, 4) is 0 Å². The predicted octanol–water partition coefficient (Wildman–Crippen LogP) is 6.18. The van der Waals surface area contributed by atoms with Crippen LogP contribution in [0.2, 0.25) is 0 Å². The van der Waals surface area contributed by atoms with Crippen molar-refractivity contribution in [3.05, 3.63) is 70.3 Å². The molecule has 0 bridgehead atoms. The number of halogens is 3. The van der Waals surface area contributed by atoms with E-state index in [9.17, 15) is 41.3 Å². The highest BCUT2D eigenvalue weighted by Crippen LogP contribution is 2.44. The number of nitro groups is 1. The quantitative estimate of drug-likeness (QED) is 0.159. The largest absolute Gasteiger partial charge is 0.462 e. The van der Waals surface area contributed by atoms with E-state index in [-0.39, 0.29) is 23.5 Å². The standard InChI is InChI=1S/C29H35F3N2O9S/c1-5-41-27(36)33(43-44(39,40)25-14-10-9-13-23(25)34(37)38)18-22(29(30,31)32)26(35)42-24-17-19(2)15-16-21(24)28(3,4)20-11-7-6-8-12-20/h6-14,19,21-22,24H,5,15-18H2,1-4H3/t19-,21-,22?,24-/m1/s1. The molecular weight excluding hydrogens is 609 g/mol. The lowest BCUT2D eigenvalue weighted by Gasteiger charge is -2.44. The van der Waals surface area contributed by atoms with E-state index in [0.29, 0.717) is 12.8 Å². The fourth-order valence-electron chi connectivity index (χ4n) is 5.38. The molecule has 11 nitrogen and oxygen atoms in total. The number of hydrogen-bond donors (Lipinski definition) is 0. The van der Waals surface area contributed by atoms with Gasteiger partial charge in [0.2, 0.25) is 0 Å². The van der Waals surface area contributed by atoms with E-state index in [1.165, 1.54) is 6.92 Å². The lowest BCUT2D eigenvalue weighted by atomic mass is 9.64. The number of esters is 1. The Bertz CT molecular complexity index is 1440. The summed E-state index contributed by atoms with van der Waals surface area (Å²) in [5.74, 6) is -5.07. The van der Waals surface area contributed by atoms with E-state index in [1.54, 1.807) is 0 Å². The number of benzene rings is 2. The topological polar surface area (TPSA) is 142 Å². The van der Waals surface area contributed by atoms with Crippen molar-refractivity contribution in [3.63, 3.8) is 0 Å². The van der Waals surface area contributed by atoms with Crippen LogP contribution in [-0.4, -0.2) is 55.9 Å². The molecule has 15 heteroatoms. The van der Waals surface area contributed by atoms with Gasteiger partial charge >= 0.3 is 28.4 Å². The van der Waals surface area contributed by atoms with Crippen molar-refractivity contribution >= 4 is 27.9 Å². The second-order valence-corrected chi connectivity index (χ2v) is 12.7. The molecule has 0 aliphatic heterocycles. The van der Waals surface area contributed by atoms with E-state index in [2.05, 4.69) is 9.02 Å². The molecule has 0 radical (unpaired) electrons. The zero-order valence-corrected chi connectivity index (χ0v) is 25.5. The molecule has 1 amide bonds. The summed E-state index contributed by atoms with van der Waals surface area (Å²) in [6, 6.07) is 13.2. The third-order valence-electron chi connectivity index (χ3n) is 7.79. The van der Waals surface area contributed by atoms with Crippen LogP contribution in [0.25, 0.3) is 0 Å². The van der Waals surface area contributed by atoms with Gasteiger partial charge in [-0.3, -0.25) is 14.9 Å². The molecule has 2 aromatic rings. The summed E-state index contributed by atoms with van der Waals surface area (Å²) in [5.41, 5.74) is -0.616. The van der Waals surface area contributed by atoms with Gasteiger partial charge in [-0.25, -0.2) is 4.79 Å². The molecule has 242 valence electrons. The summed E-state index contributed by atoms with van der Waals surface area (Å²) >= 11 is 0. The molecule has 0 aromatic heterocycles. The molecule has 3 rings (SSSR count). The van der Waals surface area contributed by atoms with Crippen LogP contribution in [0.15, 0.2) is 59.5 Å². The Morgan fingerprint density at radius 1 is 1.07 bits per heavy atom. The molecule has 44 heavy (non-hydrogen) atoms. The Morgan fingerprint density at radius 2 is 1.68 bits per heavy atom. The van der Waals surface area contributed by atoms with Crippen LogP contribution in [0.1, 0.15) is 52.5 Å². The Labute approximate surface area is 253 Å². The number of ether oxygens (including phenoxy) is 2. The number of carbonyl (C=O) groups excluding carboxylic acids is 2. The van der Waals surface area contributed by atoms with E-state index in [4.69, 9.17) is 4.74 Å². The highest BCUT2D eigenvalue weighted by molar-refractivity contribution is 7.86. The zero-order valence-electron chi connectivity index (χ0n) is 24.7. The minimum atomic E-state index is -5.31. The number of rotatable bonds is 11. The maximum absolute atomic E-state index is 14.4. The van der Waals surface area contributed by atoms with Crippen LogP contribution in [0.4, 0.5) is 23.7 Å². The number of alkyl halides is 3. The van der Waals surface area contributed by atoms with Crippen LogP contribution in [0.3, 0.4) is 0 Å². The summed E-state index contributed by atoms with van der Waals surface area (Å²) in [7, 11) is -5.24. The number of hydrogen-bond acceptors (Lipinski definition) is 9. The Hall–Kier alpha value is -3.72. The van der Waals surface area contributed by atoms with Crippen LogP contribution in [-0.2, 0) is 34.1 Å². The van der Waals surface area contributed by atoms with Crippen molar-refractivity contribution in [1.82, 2.24) is 5.06 Å². The molecule has 1 aliphatic rings. The van der Waals surface area contributed by atoms with Crippen molar-refractivity contribution in [2.45, 2.75) is 69.5 Å². The first kappa shape index (κ1) is 34.8. The van der Waals surface area contributed by atoms with Gasteiger partial charge in [-0.2, -0.15) is 26.7 Å². The van der Waals surface area contributed by atoms with Gasteiger partial charge in [-0.1, -0.05) is 69.7 Å². The van der Waals surface area contributed by atoms with Crippen molar-refractivity contribution in [2.24, 2.45) is 17.8 Å². The normalized spacial score (nSPS) is 19.9. The highest BCUT2D eigenvalue weighted by Gasteiger charge is 2.51. The number of para-hydroxylation sites is 1. The van der Waals surface area contributed by atoms with E-state index < -0.39 is 67.8 Å². The third kappa shape index (κ3) is 8.25. The molecule has 0 heterocycles. The molecule has 1 saturated carbocycles. The van der Waals surface area contributed by atoms with Gasteiger partial charge in [0.1, 0.15) is 6.10 Å². The second-order valence-electron chi connectivity index (χ2n) is 11.2. The molecule has 1 fully saturated rings. The van der Waals surface area contributed by atoms with Gasteiger partial charge in [0.05, 0.1) is 18.1 Å². The van der Waals surface area contributed by atoms with Gasteiger partial charge in [0.15, 0.2) is 10.8 Å². The van der Waals surface area contributed by atoms with Crippen molar-refractivity contribution in [1.29, 1.82) is 0 Å². The van der Waals surface area contributed by atoms with E-state index >= 15 is 0 Å². The molecular formula is C29H35F3N2O9S. The van der Waals surface area contributed by atoms with Crippen LogP contribution < -0.4 is 0 Å². The summed E-state index contributed by atoms with van der Waals surface area (Å²) in [6.07, 6.45) is -6.25. The van der Waals surface area contributed by atoms with Crippen LogP contribution >= 0.6 is 0 Å². The van der Waals surface area contributed by atoms with Crippen LogP contribution in [0.5, 0.6) is 0 Å². The Morgan fingerprint density at radius 3 is 2.27 bits per heavy atom. The maximum Gasteiger partial charge on any atom is 0.435 e. The van der Waals surface area contributed by atoms with Crippen molar-refractivity contribution < 1.29 is 49.9 Å². The summed E-state index contributed by atoms with van der Waals surface area (Å²) < 4.78 is 83.9. The fraction of sp³-hybridized carbons (Fsp3) is 0.517. The molecule has 0 spiro atoms. The van der Waals surface area contributed by atoms with Crippen LogP contribution in [0, 0.1) is 27.9 Å². The summed E-state index contributed by atoms with van der Waals surface area (Å²) in [5, 5.41) is 11.1. The number of nitro benzene ring substituents is 1. The minimum absolute atomic E-state index is 0.0473. The van der Waals surface area contributed by atoms with E-state index in [0.717, 1.165) is 36.2 Å². The zero-order chi connectivity index (χ0) is 32.9. The molecule has 0 N–H and O–H groups in total. The summed E-state index contributed by atoms with van der Waals surface area (Å²) in [6.45, 7) is 5.01. The summed E-state index contributed by atoms with van der Waals surface area (Å²) in [4.78, 5) is 35.1. The predicted molar refractivity (Wildman–Crippen MR) is 150 cm³/mol. The minimum Gasteiger partial charge on any atom is -0.462 e. The average Bonchev–Trinajstić information content (AvgIpc) is 2.95. The maximum atomic E-state index is 14.4.